The average Bonchev–Trinajstić information content (AvgIpc) is 2.64. The molecule has 1 heterocycles. The number of ether oxygens (including phenoxy) is 1. The summed E-state index contributed by atoms with van der Waals surface area (Å²) >= 11 is 0. The number of nitrogens with one attached hydrogen (secondary N) is 2. The highest BCUT2D eigenvalue weighted by Crippen LogP contribution is 2.26. The molecule has 0 unspecified atom stereocenters. The number of carbonyl (C=O) groups excluding carboxylic acids is 1. The van der Waals surface area contributed by atoms with Crippen molar-refractivity contribution in [2.45, 2.75) is 0 Å². The van der Waals surface area contributed by atoms with Crippen molar-refractivity contribution in [3.63, 3.8) is 0 Å². The van der Waals surface area contributed by atoms with E-state index in [1.807, 2.05) is 24.3 Å². The molecule has 0 radical (unpaired) electrons. The molecule has 0 aliphatic heterocycles. The quantitative estimate of drug-likeness (QED) is 0.743. The van der Waals surface area contributed by atoms with Crippen LogP contribution in [0.25, 0.3) is 0 Å². The molecule has 1 amide bonds. The number of halogens is 1. The van der Waals surface area contributed by atoms with E-state index in [4.69, 9.17) is 4.74 Å². The van der Waals surface area contributed by atoms with Gasteiger partial charge >= 0.3 is 0 Å². The summed E-state index contributed by atoms with van der Waals surface area (Å²) in [5, 5.41) is 13.7. The lowest BCUT2D eigenvalue weighted by atomic mass is 10.2. The fourth-order valence-corrected chi connectivity index (χ4v) is 2.14. The number of benzene rings is 2. The normalized spacial score (nSPS) is 10.2. The molecule has 0 saturated heterocycles. The summed E-state index contributed by atoms with van der Waals surface area (Å²) in [6.45, 7) is 0. The number of amides is 1. The van der Waals surface area contributed by atoms with Crippen molar-refractivity contribution in [2.24, 2.45) is 0 Å². The maximum Gasteiger partial charge on any atom is 0.256 e. The molecule has 1 aromatic heterocycles. The molecular weight excluding hydrogens is 323 g/mol. The second kappa shape index (κ2) is 7.39. The summed E-state index contributed by atoms with van der Waals surface area (Å²) in [7, 11) is 1.58. The Labute approximate surface area is 143 Å². The summed E-state index contributed by atoms with van der Waals surface area (Å²) < 4.78 is 18.1. The average molecular weight is 338 g/mol. The summed E-state index contributed by atoms with van der Waals surface area (Å²) in [4.78, 5) is 12.1. The number of rotatable bonds is 5. The van der Waals surface area contributed by atoms with Crippen LogP contribution >= 0.6 is 0 Å². The van der Waals surface area contributed by atoms with E-state index >= 15 is 0 Å². The first kappa shape index (κ1) is 16.4. The number of para-hydroxylation sites is 2. The molecule has 0 aliphatic rings. The minimum Gasteiger partial charge on any atom is -0.495 e. The minimum absolute atomic E-state index is 0.292. The van der Waals surface area contributed by atoms with Crippen molar-refractivity contribution in [3.05, 3.63) is 72.0 Å². The number of hydrogen-bond donors (Lipinski definition) is 2. The molecule has 2 aromatic carbocycles. The first-order valence-corrected chi connectivity index (χ1v) is 7.46. The van der Waals surface area contributed by atoms with Gasteiger partial charge in [-0.05, 0) is 48.5 Å². The second-order valence-corrected chi connectivity index (χ2v) is 5.09. The highest BCUT2D eigenvalue weighted by atomic mass is 19.1. The standard InChI is InChI=1S/C18H15FN4O2/c1-25-15-5-3-2-4-14(15)20-16-10-11-17(23-22-16)21-18(24)12-6-8-13(19)9-7-12/h2-11H,1H3,(H,20,22)(H,21,23,24). The highest BCUT2D eigenvalue weighted by Gasteiger charge is 2.08. The zero-order valence-corrected chi connectivity index (χ0v) is 13.4. The largest absolute Gasteiger partial charge is 0.495 e. The molecule has 0 fully saturated rings. The molecule has 25 heavy (non-hydrogen) atoms. The molecule has 0 aliphatic carbocycles. The van der Waals surface area contributed by atoms with Gasteiger partial charge in [0.15, 0.2) is 11.6 Å². The van der Waals surface area contributed by atoms with Gasteiger partial charge in [0, 0.05) is 5.56 Å². The first-order valence-electron chi connectivity index (χ1n) is 7.46. The van der Waals surface area contributed by atoms with E-state index < -0.39 is 5.82 Å². The smallest absolute Gasteiger partial charge is 0.256 e. The number of aromatic nitrogens is 2. The molecule has 6 nitrogen and oxygen atoms in total. The molecule has 3 aromatic rings. The topological polar surface area (TPSA) is 76.1 Å². The van der Waals surface area contributed by atoms with E-state index in [0.717, 1.165) is 5.69 Å². The lowest BCUT2D eigenvalue weighted by Crippen LogP contribution is -2.13. The third-order valence-electron chi connectivity index (χ3n) is 3.38. The van der Waals surface area contributed by atoms with Crippen LogP contribution in [-0.2, 0) is 0 Å². The minimum atomic E-state index is -0.400. The van der Waals surface area contributed by atoms with Gasteiger partial charge in [-0.25, -0.2) is 4.39 Å². The number of anilines is 3. The van der Waals surface area contributed by atoms with E-state index in [-0.39, 0.29) is 5.91 Å². The monoisotopic (exact) mass is 338 g/mol. The van der Waals surface area contributed by atoms with Crippen LogP contribution in [0.3, 0.4) is 0 Å². The van der Waals surface area contributed by atoms with Gasteiger partial charge in [0.2, 0.25) is 0 Å². The molecule has 0 bridgehead atoms. The summed E-state index contributed by atoms with van der Waals surface area (Å²) in [6, 6.07) is 16.0. The van der Waals surface area contributed by atoms with E-state index in [0.29, 0.717) is 22.9 Å². The Morgan fingerprint density at radius 2 is 1.64 bits per heavy atom. The van der Waals surface area contributed by atoms with Crippen LogP contribution in [-0.4, -0.2) is 23.2 Å². The number of methoxy groups -OCH3 is 1. The summed E-state index contributed by atoms with van der Waals surface area (Å²) in [6.07, 6.45) is 0. The lowest BCUT2D eigenvalue weighted by molar-refractivity contribution is 0.102. The summed E-state index contributed by atoms with van der Waals surface area (Å²) in [5.41, 5.74) is 1.09. The zero-order chi connectivity index (χ0) is 17.6. The Hall–Kier alpha value is -3.48. The molecule has 0 atom stereocenters. The second-order valence-electron chi connectivity index (χ2n) is 5.09. The molecule has 2 N–H and O–H groups in total. The van der Waals surface area contributed by atoms with Crippen LogP contribution in [0.15, 0.2) is 60.7 Å². The maximum absolute atomic E-state index is 12.9. The van der Waals surface area contributed by atoms with Crippen LogP contribution in [0.5, 0.6) is 5.75 Å². The van der Waals surface area contributed by atoms with Crippen LogP contribution < -0.4 is 15.4 Å². The Bertz CT molecular complexity index is 867. The Morgan fingerprint density at radius 3 is 2.32 bits per heavy atom. The van der Waals surface area contributed by atoms with Crippen molar-refractivity contribution in [2.75, 3.05) is 17.7 Å². The Balaban J connectivity index is 1.68. The van der Waals surface area contributed by atoms with Gasteiger partial charge in [-0.15, -0.1) is 10.2 Å². The number of hydrogen-bond acceptors (Lipinski definition) is 5. The van der Waals surface area contributed by atoms with Crippen molar-refractivity contribution < 1.29 is 13.9 Å². The van der Waals surface area contributed by atoms with Gasteiger partial charge in [-0.1, -0.05) is 12.1 Å². The van der Waals surface area contributed by atoms with E-state index in [1.54, 1.807) is 19.2 Å². The molecular formula is C18H15FN4O2. The van der Waals surface area contributed by atoms with E-state index in [9.17, 15) is 9.18 Å². The zero-order valence-electron chi connectivity index (χ0n) is 13.4. The predicted molar refractivity (Wildman–Crippen MR) is 92.7 cm³/mol. The van der Waals surface area contributed by atoms with E-state index in [2.05, 4.69) is 20.8 Å². The fourth-order valence-electron chi connectivity index (χ4n) is 2.14. The van der Waals surface area contributed by atoms with Crippen LogP contribution in [0.4, 0.5) is 21.7 Å². The molecule has 3 rings (SSSR count). The number of carbonyl (C=O) groups is 1. The third-order valence-corrected chi connectivity index (χ3v) is 3.38. The van der Waals surface area contributed by atoms with E-state index in [1.165, 1.54) is 24.3 Å². The highest BCUT2D eigenvalue weighted by molar-refractivity contribution is 6.03. The SMILES string of the molecule is COc1ccccc1Nc1ccc(NC(=O)c2ccc(F)cc2)nn1. The predicted octanol–water partition coefficient (Wildman–Crippen LogP) is 3.62. The van der Waals surface area contributed by atoms with Gasteiger partial charge in [0.25, 0.3) is 5.91 Å². The third kappa shape index (κ3) is 4.08. The van der Waals surface area contributed by atoms with Crippen LogP contribution in [0.2, 0.25) is 0 Å². The first-order chi connectivity index (χ1) is 12.2. The van der Waals surface area contributed by atoms with Crippen LogP contribution in [0, 0.1) is 5.82 Å². The molecule has 0 spiro atoms. The lowest BCUT2D eigenvalue weighted by Gasteiger charge is -2.10. The van der Waals surface area contributed by atoms with Gasteiger partial charge in [0.1, 0.15) is 11.6 Å². The van der Waals surface area contributed by atoms with Crippen molar-refractivity contribution in [3.8, 4) is 5.75 Å². The number of nitrogens with zero attached hydrogens (tertiary/aromatic N) is 2. The Morgan fingerprint density at radius 1 is 0.960 bits per heavy atom. The van der Waals surface area contributed by atoms with Gasteiger partial charge in [0.05, 0.1) is 12.8 Å². The van der Waals surface area contributed by atoms with Crippen molar-refractivity contribution >= 4 is 23.2 Å². The van der Waals surface area contributed by atoms with Gasteiger partial charge in [-0.3, -0.25) is 4.79 Å². The summed E-state index contributed by atoms with van der Waals surface area (Å²) in [5.74, 6) is 0.685. The van der Waals surface area contributed by atoms with Gasteiger partial charge < -0.3 is 15.4 Å². The van der Waals surface area contributed by atoms with Gasteiger partial charge in [-0.2, -0.15) is 0 Å². The van der Waals surface area contributed by atoms with Crippen molar-refractivity contribution in [1.29, 1.82) is 0 Å². The molecule has 7 heteroatoms. The maximum atomic E-state index is 12.9. The van der Waals surface area contributed by atoms with Crippen LogP contribution in [0.1, 0.15) is 10.4 Å². The Kier molecular flexibility index (Phi) is 4.84. The van der Waals surface area contributed by atoms with Crippen molar-refractivity contribution in [1.82, 2.24) is 10.2 Å². The molecule has 0 saturated carbocycles. The molecule has 126 valence electrons. The fraction of sp³-hybridized carbons (Fsp3) is 0.0556.